The summed E-state index contributed by atoms with van der Waals surface area (Å²) in [5, 5.41) is 5.45. The molecular formula is C22H17ClN4O3S. The molecular weight excluding hydrogens is 436 g/mol. The minimum Gasteiger partial charge on any atom is -0.361 e. The number of amides is 1. The molecule has 9 heteroatoms. The van der Waals surface area contributed by atoms with E-state index in [4.69, 9.17) is 11.6 Å². The molecule has 0 fully saturated rings. The van der Waals surface area contributed by atoms with E-state index < -0.39 is 15.9 Å². The molecule has 31 heavy (non-hydrogen) atoms. The number of carbonyl (C=O) groups excluding carboxylic acids is 1. The highest BCUT2D eigenvalue weighted by Crippen LogP contribution is 2.19. The first-order valence-corrected chi connectivity index (χ1v) is 11.1. The van der Waals surface area contributed by atoms with Gasteiger partial charge in [0.15, 0.2) is 0 Å². The molecule has 0 spiro atoms. The van der Waals surface area contributed by atoms with Crippen molar-refractivity contribution < 1.29 is 13.2 Å². The van der Waals surface area contributed by atoms with Gasteiger partial charge in [0.1, 0.15) is 0 Å². The van der Waals surface area contributed by atoms with Gasteiger partial charge in [0.2, 0.25) is 0 Å². The third-order valence-electron chi connectivity index (χ3n) is 4.51. The van der Waals surface area contributed by atoms with Crippen LogP contribution < -0.4 is 10.1 Å². The Hall–Kier alpha value is -3.62. The average Bonchev–Trinajstić information content (AvgIpc) is 3.17. The molecule has 156 valence electrons. The molecule has 0 aliphatic heterocycles. The number of H-pyrrole nitrogens is 1. The summed E-state index contributed by atoms with van der Waals surface area (Å²) in [6.07, 6.45) is 3.37. The number of carbonyl (C=O) groups is 1. The Morgan fingerprint density at radius 1 is 0.968 bits per heavy atom. The number of para-hydroxylation sites is 1. The summed E-state index contributed by atoms with van der Waals surface area (Å²) in [5.74, 6) is -0.414. The molecule has 0 unspecified atom stereocenters. The normalized spacial score (nSPS) is 11.6. The topological polar surface area (TPSA) is 103 Å². The number of fused-ring (bicyclic) bond motifs is 1. The first-order chi connectivity index (χ1) is 14.9. The largest absolute Gasteiger partial charge is 0.361 e. The number of nitrogens with zero attached hydrogens (tertiary/aromatic N) is 1. The van der Waals surface area contributed by atoms with Gasteiger partial charge in [0, 0.05) is 38.9 Å². The van der Waals surface area contributed by atoms with Crippen LogP contribution in [0.1, 0.15) is 15.9 Å². The van der Waals surface area contributed by atoms with Gasteiger partial charge >= 0.3 is 0 Å². The number of hydrogen-bond acceptors (Lipinski definition) is 4. The molecule has 4 aromatic rings. The highest BCUT2D eigenvalue weighted by molar-refractivity contribution is 7.92. The number of halogens is 1. The van der Waals surface area contributed by atoms with Crippen molar-refractivity contribution in [3.63, 3.8) is 0 Å². The zero-order valence-corrected chi connectivity index (χ0v) is 17.6. The van der Waals surface area contributed by atoms with Crippen LogP contribution in [0.25, 0.3) is 10.9 Å². The van der Waals surface area contributed by atoms with E-state index >= 15 is 0 Å². The lowest BCUT2D eigenvalue weighted by Gasteiger charge is -2.08. The van der Waals surface area contributed by atoms with Crippen LogP contribution in [0.15, 0.2) is 89.0 Å². The molecule has 0 atom stereocenters. The van der Waals surface area contributed by atoms with E-state index in [0.717, 1.165) is 16.5 Å². The van der Waals surface area contributed by atoms with Crippen LogP contribution >= 0.6 is 11.6 Å². The van der Waals surface area contributed by atoms with Crippen LogP contribution in [-0.4, -0.2) is 25.5 Å². The monoisotopic (exact) mass is 452 g/mol. The van der Waals surface area contributed by atoms with Crippen LogP contribution in [0.5, 0.6) is 0 Å². The van der Waals surface area contributed by atoms with E-state index in [0.29, 0.717) is 16.3 Å². The second kappa shape index (κ2) is 8.63. The number of anilines is 1. The summed E-state index contributed by atoms with van der Waals surface area (Å²) in [4.78, 5) is 15.5. The fraction of sp³-hybridized carbons (Fsp3) is 0. The predicted molar refractivity (Wildman–Crippen MR) is 122 cm³/mol. The summed E-state index contributed by atoms with van der Waals surface area (Å²) in [6, 6.07) is 19.6. The van der Waals surface area contributed by atoms with Crippen molar-refractivity contribution in [3.8, 4) is 0 Å². The van der Waals surface area contributed by atoms with Crippen LogP contribution in [-0.2, 0) is 10.0 Å². The molecule has 7 nitrogen and oxygen atoms in total. The van der Waals surface area contributed by atoms with E-state index in [1.54, 1.807) is 6.21 Å². The maximum Gasteiger partial charge on any atom is 0.271 e. The predicted octanol–water partition coefficient (Wildman–Crippen LogP) is 4.39. The van der Waals surface area contributed by atoms with Gasteiger partial charge in [0.25, 0.3) is 15.9 Å². The Labute approximate surface area is 183 Å². The number of aromatic nitrogens is 1. The minimum atomic E-state index is -3.76. The van der Waals surface area contributed by atoms with E-state index in [-0.39, 0.29) is 4.90 Å². The van der Waals surface area contributed by atoms with E-state index in [1.165, 1.54) is 48.5 Å². The second-order valence-electron chi connectivity index (χ2n) is 6.63. The number of benzene rings is 3. The van der Waals surface area contributed by atoms with Crippen molar-refractivity contribution in [2.45, 2.75) is 4.90 Å². The van der Waals surface area contributed by atoms with Crippen molar-refractivity contribution in [2.24, 2.45) is 5.10 Å². The Kier molecular flexibility index (Phi) is 5.75. The standard InChI is InChI=1S/C22H17ClN4O3S/c23-17-7-11-19(12-8-17)31(29,30)27-18-9-5-15(6-10-18)22(28)26-25-14-16-13-24-21-4-2-1-3-20(16)21/h1-14,24,27H,(H,26,28)/b25-14+. The summed E-state index contributed by atoms with van der Waals surface area (Å²) >= 11 is 5.80. The molecule has 4 rings (SSSR count). The maximum atomic E-state index is 12.4. The zero-order chi connectivity index (χ0) is 21.8. The van der Waals surface area contributed by atoms with Gasteiger partial charge in [-0.3, -0.25) is 9.52 Å². The van der Waals surface area contributed by atoms with Gasteiger partial charge in [-0.15, -0.1) is 0 Å². The number of sulfonamides is 1. The molecule has 0 saturated carbocycles. The molecule has 0 bridgehead atoms. The van der Waals surface area contributed by atoms with Gasteiger partial charge in [-0.25, -0.2) is 13.8 Å². The quantitative estimate of drug-likeness (QED) is 0.298. The van der Waals surface area contributed by atoms with Gasteiger partial charge in [0.05, 0.1) is 11.1 Å². The van der Waals surface area contributed by atoms with E-state index in [2.05, 4.69) is 20.2 Å². The molecule has 0 saturated heterocycles. The summed E-state index contributed by atoms with van der Waals surface area (Å²) in [7, 11) is -3.76. The fourth-order valence-electron chi connectivity index (χ4n) is 2.94. The molecule has 1 aromatic heterocycles. The number of hydrogen-bond donors (Lipinski definition) is 3. The lowest BCUT2D eigenvalue weighted by atomic mass is 10.2. The number of nitrogens with one attached hydrogen (secondary N) is 3. The first kappa shape index (κ1) is 20.6. The smallest absolute Gasteiger partial charge is 0.271 e. The zero-order valence-electron chi connectivity index (χ0n) is 16.0. The second-order valence-corrected chi connectivity index (χ2v) is 8.74. The van der Waals surface area contributed by atoms with Gasteiger partial charge in [-0.1, -0.05) is 29.8 Å². The molecule has 0 aliphatic rings. The SMILES string of the molecule is O=C(N/N=C/c1c[nH]c2ccccc12)c1ccc(NS(=O)(=O)c2ccc(Cl)cc2)cc1. The summed E-state index contributed by atoms with van der Waals surface area (Å²) in [5.41, 5.74) is 4.96. The first-order valence-electron chi connectivity index (χ1n) is 9.20. The van der Waals surface area contributed by atoms with Gasteiger partial charge in [-0.05, 0) is 54.6 Å². The van der Waals surface area contributed by atoms with Gasteiger partial charge < -0.3 is 4.98 Å². The van der Waals surface area contributed by atoms with E-state index in [1.807, 2.05) is 30.5 Å². The maximum absolute atomic E-state index is 12.4. The number of hydrazone groups is 1. The van der Waals surface area contributed by atoms with Crippen LogP contribution in [0.2, 0.25) is 5.02 Å². The van der Waals surface area contributed by atoms with Crippen LogP contribution in [0, 0.1) is 0 Å². The third kappa shape index (κ3) is 4.76. The molecule has 0 radical (unpaired) electrons. The summed E-state index contributed by atoms with van der Waals surface area (Å²) in [6.45, 7) is 0. The highest BCUT2D eigenvalue weighted by Gasteiger charge is 2.14. The number of rotatable bonds is 6. The molecule has 1 amide bonds. The van der Waals surface area contributed by atoms with Crippen molar-refractivity contribution in [1.82, 2.24) is 10.4 Å². The van der Waals surface area contributed by atoms with Gasteiger partial charge in [-0.2, -0.15) is 5.10 Å². The molecule has 1 heterocycles. The highest BCUT2D eigenvalue weighted by atomic mass is 35.5. The Morgan fingerprint density at radius 2 is 1.68 bits per heavy atom. The Morgan fingerprint density at radius 3 is 2.42 bits per heavy atom. The van der Waals surface area contributed by atoms with Crippen LogP contribution in [0.4, 0.5) is 5.69 Å². The summed E-state index contributed by atoms with van der Waals surface area (Å²) < 4.78 is 27.3. The number of aromatic amines is 1. The Balaban J connectivity index is 1.40. The van der Waals surface area contributed by atoms with Crippen molar-refractivity contribution in [2.75, 3.05) is 4.72 Å². The van der Waals surface area contributed by atoms with Crippen molar-refractivity contribution in [1.29, 1.82) is 0 Å². The third-order valence-corrected chi connectivity index (χ3v) is 6.16. The van der Waals surface area contributed by atoms with Crippen molar-refractivity contribution in [3.05, 3.63) is 95.1 Å². The minimum absolute atomic E-state index is 0.0883. The van der Waals surface area contributed by atoms with Crippen molar-refractivity contribution >= 4 is 50.3 Å². The molecule has 0 aliphatic carbocycles. The average molecular weight is 453 g/mol. The Bertz CT molecular complexity index is 1360. The van der Waals surface area contributed by atoms with E-state index in [9.17, 15) is 13.2 Å². The van der Waals surface area contributed by atoms with Crippen LogP contribution in [0.3, 0.4) is 0 Å². The lowest BCUT2D eigenvalue weighted by molar-refractivity contribution is 0.0955. The molecule has 3 aromatic carbocycles. The lowest BCUT2D eigenvalue weighted by Crippen LogP contribution is -2.18. The molecule has 3 N–H and O–H groups in total. The fourth-order valence-corrected chi connectivity index (χ4v) is 4.13.